The van der Waals surface area contributed by atoms with Gasteiger partial charge in [0.25, 0.3) is 0 Å². The number of nitrogens with zero attached hydrogens (tertiary/aromatic N) is 1. The molecule has 2 unspecified atom stereocenters. The summed E-state index contributed by atoms with van der Waals surface area (Å²) < 4.78 is 5.55. The van der Waals surface area contributed by atoms with Crippen molar-refractivity contribution < 1.29 is 19.4 Å². The largest absolute Gasteiger partial charge is 0.494 e. The van der Waals surface area contributed by atoms with Crippen LogP contribution in [0.1, 0.15) is 20.3 Å². The van der Waals surface area contributed by atoms with E-state index in [2.05, 4.69) is 0 Å². The van der Waals surface area contributed by atoms with E-state index in [4.69, 9.17) is 9.84 Å². The van der Waals surface area contributed by atoms with E-state index in [0.717, 1.165) is 5.75 Å². The molecule has 0 heterocycles. The lowest BCUT2D eigenvalue weighted by molar-refractivity contribution is -0.148. The second-order valence-electron chi connectivity index (χ2n) is 5.19. The number of carbonyl (C=O) groups excluding carboxylic acids is 1. The minimum absolute atomic E-state index is 0.149. The van der Waals surface area contributed by atoms with Crippen molar-refractivity contribution in [3.8, 4) is 5.75 Å². The minimum Gasteiger partial charge on any atom is -0.494 e. The highest BCUT2D eigenvalue weighted by atomic mass is 16.5. The number of hydrogen-bond acceptors (Lipinski definition) is 3. The van der Waals surface area contributed by atoms with E-state index in [9.17, 15) is 9.59 Å². The molecule has 0 saturated carbocycles. The Labute approximate surface area is 125 Å². The Kier molecular flexibility index (Phi) is 6.72. The third kappa shape index (κ3) is 5.45. The number of aliphatic carboxylic acids is 1. The van der Waals surface area contributed by atoms with E-state index >= 15 is 0 Å². The third-order valence-corrected chi connectivity index (χ3v) is 3.56. The summed E-state index contributed by atoms with van der Waals surface area (Å²) in [5.74, 6) is -1.50. The summed E-state index contributed by atoms with van der Waals surface area (Å²) in [4.78, 5) is 24.5. The van der Waals surface area contributed by atoms with Gasteiger partial charge in [0, 0.05) is 19.5 Å². The van der Waals surface area contributed by atoms with Crippen molar-refractivity contribution in [2.45, 2.75) is 20.3 Å². The standard InChI is InChI=1S/C16H23NO4/c1-12(13(2)16(19)20)15(18)17(3)10-7-11-21-14-8-5-4-6-9-14/h4-6,8-9,12-13H,7,10-11H2,1-3H3,(H,19,20). The first-order valence-electron chi connectivity index (χ1n) is 7.09. The van der Waals surface area contributed by atoms with Gasteiger partial charge in [0.1, 0.15) is 5.75 Å². The SMILES string of the molecule is CC(C(=O)O)C(C)C(=O)N(C)CCCOc1ccccc1. The molecule has 116 valence electrons. The van der Waals surface area contributed by atoms with E-state index in [1.165, 1.54) is 0 Å². The summed E-state index contributed by atoms with van der Waals surface area (Å²) in [5, 5.41) is 8.93. The predicted molar refractivity (Wildman–Crippen MR) is 80.2 cm³/mol. The lowest BCUT2D eigenvalue weighted by Crippen LogP contribution is -2.37. The van der Waals surface area contributed by atoms with Crippen LogP contribution in [0.4, 0.5) is 0 Å². The van der Waals surface area contributed by atoms with Crippen LogP contribution in [0.3, 0.4) is 0 Å². The summed E-state index contributed by atoms with van der Waals surface area (Å²) in [6.07, 6.45) is 0.700. The molecule has 0 aromatic heterocycles. The van der Waals surface area contributed by atoms with E-state index in [-0.39, 0.29) is 5.91 Å². The molecule has 0 aliphatic rings. The summed E-state index contributed by atoms with van der Waals surface area (Å²) in [6.45, 7) is 4.27. The fourth-order valence-corrected chi connectivity index (χ4v) is 1.89. The van der Waals surface area contributed by atoms with Crippen LogP contribution in [0, 0.1) is 11.8 Å². The van der Waals surface area contributed by atoms with Crippen molar-refractivity contribution in [3.63, 3.8) is 0 Å². The van der Waals surface area contributed by atoms with Gasteiger partial charge in [0.05, 0.1) is 12.5 Å². The molecular weight excluding hydrogens is 270 g/mol. The Balaban J connectivity index is 2.31. The molecule has 1 rings (SSSR count). The number of hydrogen-bond donors (Lipinski definition) is 1. The Bertz CT molecular complexity index is 461. The minimum atomic E-state index is -0.948. The maximum absolute atomic E-state index is 12.1. The fourth-order valence-electron chi connectivity index (χ4n) is 1.89. The summed E-state index contributed by atoms with van der Waals surface area (Å²) >= 11 is 0. The molecule has 0 aliphatic heterocycles. The number of carboxylic acids is 1. The first-order valence-corrected chi connectivity index (χ1v) is 7.09. The monoisotopic (exact) mass is 293 g/mol. The van der Waals surface area contributed by atoms with Crippen molar-refractivity contribution in [1.82, 2.24) is 4.90 Å². The summed E-state index contributed by atoms with van der Waals surface area (Å²) in [6, 6.07) is 9.49. The van der Waals surface area contributed by atoms with Crippen LogP contribution in [0.15, 0.2) is 30.3 Å². The summed E-state index contributed by atoms with van der Waals surface area (Å²) in [7, 11) is 1.69. The number of carboxylic acid groups (broad SMARTS) is 1. The lowest BCUT2D eigenvalue weighted by Gasteiger charge is -2.23. The Hall–Kier alpha value is -2.04. The van der Waals surface area contributed by atoms with Crippen molar-refractivity contribution in [2.75, 3.05) is 20.2 Å². The van der Waals surface area contributed by atoms with Crippen molar-refractivity contribution in [3.05, 3.63) is 30.3 Å². The zero-order valence-electron chi connectivity index (χ0n) is 12.8. The highest BCUT2D eigenvalue weighted by molar-refractivity contribution is 5.84. The van der Waals surface area contributed by atoms with Crippen LogP contribution in [-0.4, -0.2) is 42.1 Å². The van der Waals surface area contributed by atoms with Crippen LogP contribution >= 0.6 is 0 Å². The van der Waals surface area contributed by atoms with Crippen molar-refractivity contribution in [2.24, 2.45) is 11.8 Å². The Morgan fingerprint density at radius 1 is 1.19 bits per heavy atom. The summed E-state index contributed by atoms with van der Waals surface area (Å²) in [5.41, 5.74) is 0. The Morgan fingerprint density at radius 2 is 1.81 bits per heavy atom. The number of ether oxygens (including phenoxy) is 1. The highest BCUT2D eigenvalue weighted by Crippen LogP contribution is 2.14. The van der Waals surface area contributed by atoms with Gasteiger partial charge >= 0.3 is 5.97 Å². The highest BCUT2D eigenvalue weighted by Gasteiger charge is 2.27. The fraction of sp³-hybridized carbons (Fsp3) is 0.500. The van der Waals surface area contributed by atoms with Gasteiger partial charge in [-0.05, 0) is 18.6 Å². The molecule has 1 amide bonds. The zero-order valence-corrected chi connectivity index (χ0v) is 12.8. The lowest BCUT2D eigenvalue weighted by atomic mass is 9.95. The molecule has 0 bridgehead atoms. The molecule has 0 spiro atoms. The molecule has 1 aromatic rings. The maximum Gasteiger partial charge on any atom is 0.307 e. The normalized spacial score (nSPS) is 13.3. The van der Waals surface area contributed by atoms with Crippen molar-refractivity contribution >= 4 is 11.9 Å². The second kappa shape index (κ2) is 8.29. The topological polar surface area (TPSA) is 66.8 Å². The van der Waals surface area contributed by atoms with Gasteiger partial charge in [0.2, 0.25) is 5.91 Å². The number of benzene rings is 1. The Morgan fingerprint density at radius 3 is 2.38 bits per heavy atom. The number of amides is 1. The van der Waals surface area contributed by atoms with Gasteiger partial charge in [-0.25, -0.2) is 0 Å². The molecular formula is C16H23NO4. The van der Waals surface area contributed by atoms with E-state index in [0.29, 0.717) is 19.6 Å². The molecule has 0 aliphatic carbocycles. The van der Waals surface area contributed by atoms with E-state index < -0.39 is 17.8 Å². The van der Waals surface area contributed by atoms with E-state index in [1.54, 1.807) is 25.8 Å². The molecule has 5 nitrogen and oxygen atoms in total. The van der Waals surface area contributed by atoms with Gasteiger partial charge < -0.3 is 14.7 Å². The van der Waals surface area contributed by atoms with Gasteiger partial charge in [-0.1, -0.05) is 32.0 Å². The van der Waals surface area contributed by atoms with Crippen LogP contribution in [0.25, 0.3) is 0 Å². The molecule has 5 heteroatoms. The first kappa shape index (κ1) is 17.0. The number of para-hydroxylation sites is 1. The van der Waals surface area contributed by atoms with Gasteiger partial charge in [-0.15, -0.1) is 0 Å². The average Bonchev–Trinajstić information content (AvgIpc) is 2.50. The van der Waals surface area contributed by atoms with Gasteiger partial charge in [-0.2, -0.15) is 0 Å². The van der Waals surface area contributed by atoms with Gasteiger partial charge in [0.15, 0.2) is 0 Å². The molecule has 21 heavy (non-hydrogen) atoms. The quantitative estimate of drug-likeness (QED) is 0.747. The zero-order chi connectivity index (χ0) is 15.8. The number of rotatable bonds is 8. The van der Waals surface area contributed by atoms with Crippen LogP contribution in [0.2, 0.25) is 0 Å². The molecule has 0 fully saturated rings. The molecule has 0 radical (unpaired) electrons. The van der Waals surface area contributed by atoms with Crippen LogP contribution in [-0.2, 0) is 9.59 Å². The van der Waals surface area contributed by atoms with Crippen LogP contribution < -0.4 is 4.74 Å². The third-order valence-electron chi connectivity index (χ3n) is 3.56. The smallest absolute Gasteiger partial charge is 0.307 e. The van der Waals surface area contributed by atoms with Gasteiger partial charge in [-0.3, -0.25) is 9.59 Å². The van der Waals surface area contributed by atoms with Crippen molar-refractivity contribution in [1.29, 1.82) is 0 Å². The maximum atomic E-state index is 12.1. The molecule has 1 aromatic carbocycles. The molecule has 2 atom stereocenters. The average molecular weight is 293 g/mol. The number of carbonyl (C=O) groups is 2. The van der Waals surface area contributed by atoms with Crippen LogP contribution in [0.5, 0.6) is 5.75 Å². The van der Waals surface area contributed by atoms with E-state index in [1.807, 2.05) is 30.3 Å². The molecule has 1 N–H and O–H groups in total. The molecule has 0 saturated heterocycles. The predicted octanol–water partition coefficient (Wildman–Crippen LogP) is 2.27. The first-order chi connectivity index (χ1) is 9.93. The second-order valence-corrected chi connectivity index (χ2v) is 5.19.